The van der Waals surface area contributed by atoms with E-state index in [0.717, 1.165) is 18.8 Å². The Morgan fingerprint density at radius 3 is 1.90 bits per heavy atom. The molecule has 2 heterocycles. The van der Waals surface area contributed by atoms with Gasteiger partial charge in [-0.25, -0.2) is 0 Å². The fourth-order valence-corrected chi connectivity index (χ4v) is 4.29. The maximum absolute atomic E-state index is 13.5. The lowest BCUT2D eigenvalue weighted by Gasteiger charge is -2.39. The van der Waals surface area contributed by atoms with E-state index in [-0.39, 0.29) is 23.6 Å². The average Bonchev–Trinajstić information content (AvgIpc) is 3.02. The predicted octanol–water partition coefficient (Wildman–Crippen LogP) is 3.05. The van der Waals surface area contributed by atoms with Gasteiger partial charge in [-0.3, -0.25) is 19.3 Å². The Morgan fingerprint density at radius 2 is 1.37 bits per heavy atom. The number of amides is 3. The molecule has 0 aromatic heterocycles. The van der Waals surface area contributed by atoms with Crippen LogP contribution in [-0.4, -0.2) is 59.7 Å². The first kappa shape index (κ1) is 20.1. The molecule has 0 bridgehead atoms. The molecule has 0 radical (unpaired) electrons. The van der Waals surface area contributed by atoms with Crippen LogP contribution in [0.1, 0.15) is 41.0 Å². The third-order valence-electron chi connectivity index (χ3n) is 5.83. The molecule has 0 saturated carbocycles. The number of para-hydroxylation sites is 1. The highest BCUT2D eigenvalue weighted by Gasteiger charge is 2.44. The van der Waals surface area contributed by atoms with Crippen LogP contribution in [0.25, 0.3) is 0 Å². The van der Waals surface area contributed by atoms with Crippen molar-refractivity contribution in [2.45, 2.75) is 26.3 Å². The van der Waals surface area contributed by atoms with Gasteiger partial charge < -0.3 is 9.80 Å². The van der Waals surface area contributed by atoms with Crippen LogP contribution in [0, 0.1) is 5.92 Å². The lowest BCUT2D eigenvalue weighted by molar-refractivity contribution is -0.136. The predicted molar refractivity (Wildman–Crippen MR) is 115 cm³/mol. The molecule has 0 aliphatic carbocycles. The number of hydrogen-bond acceptors (Lipinski definition) is 4. The first-order valence-corrected chi connectivity index (χ1v) is 10.5. The number of benzene rings is 2. The van der Waals surface area contributed by atoms with E-state index in [0.29, 0.717) is 30.6 Å². The number of anilines is 1. The van der Waals surface area contributed by atoms with Crippen molar-refractivity contribution < 1.29 is 14.4 Å². The molecule has 2 aliphatic heterocycles. The largest absolute Gasteiger partial charge is 0.368 e. The summed E-state index contributed by atoms with van der Waals surface area (Å²) < 4.78 is 0. The maximum Gasteiger partial charge on any atom is 0.262 e. The second-order valence-electron chi connectivity index (χ2n) is 8.32. The Labute approximate surface area is 177 Å². The van der Waals surface area contributed by atoms with Gasteiger partial charge in [-0.2, -0.15) is 0 Å². The minimum absolute atomic E-state index is 0.133. The zero-order chi connectivity index (χ0) is 21.3. The van der Waals surface area contributed by atoms with E-state index >= 15 is 0 Å². The Hall–Kier alpha value is -3.15. The molecular weight excluding hydrogens is 378 g/mol. The van der Waals surface area contributed by atoms with Crippen LogP contribution in [0.5, 0.6) is 0 Å². The maximum atomic E-state index is 13.5. The third kappa shape index (κ3) is 3.70. The molecule has 1 fully saturated rings. The van der Waals surface area contributed by atoms with E-state index in [1.165, 1.54) is 4.90 Å². The van der Waals surface area contributed by atoms with Crippen molar-refractivity contribution in [3.05, 3.63) is 65.7 Å². The van der Waals surface area contributed by atoms with E-state index in [2.05, 4.69) is 17.0 Å². The first-order valence-electron chi connectivity index (χ1n) is 10.5. The van der Waals surface area contributed by atoms with Gasteiger partial charge in [-0.1, -0.05) is 44.2 Å². The molecule has 2 aromatic rings. The lowest BCUT2D eigenvalue weighted by Crippen LogP contribution is -2.56. The molecule has 2 aromatic carbocycles. The SMILES string of the molecule is CC(C)CC(C(=O)N1CCN(c2ccccc2)CC1)N1C(=O)c2ccccc2C1=O. The highest BCUT2D eigenvalue weighted by atomic mass is 16.2. The fourth-order valence-electron chi connectivity index (χ4n) is 4.29. The number of nitrogens with zero attached hydrogens (tertiary/aromatic N) is 3. The fraction of sp³-hybridized carbons (Fsp3) is 0.375. The molecule has 6 heteroatoms. The summed E-state index contributed by atoms with van der Waals surface area (Å²) in [5, 5.41) is 0. The summed E-state index contributed by atoms with van der Waals surface area (Å²) in [5.74, 6) is -0.685. The topological polar surface area (TPSA) is 60.9 Å². The summed E-state index contributed by atoms with van der Waals surface area (Å²) in [6, 6.07) is 16.2. The summed E-state index contributed by atoms with van der Waals surface area (Å²) in [5.41, 5.74) is 1.92. The van der Waals surface area contributed by atoms with Gasteiger partial charge >= 0.3 is 0 Å². The molecule has 2 aliphatic rings. The number of fused-ring (bicyclic) bond motifs is 1. The van der Waals surface area contributed by atoms with Crippen molar-refractivity contribution in [2.75, 3.05) is 31.1 Å². The third-order valence-corrected chi connectivity index (χ3v) is 5.83. The normalized spacial score (nSPS) is 17.5. The Balaban J connectivity index is 1.52. The van der Waals surface area contributed by atoms with Gasteiger partial charge in [0.15, 0.2) is 0 Å². The molecule has 4 rings (SSSR count). The van der Waals surface area contributed by atoms with Crippen molar-refractivity contribution >= 4 is 23.4 Å². The van der Waals surface area contributed by atoms with Crippen LogP contribution in [0.2, 0.25) is 0 Å². The Morgan fingerprint density at radius 1 is 0.833 bits per heavy atom. The summed E-state index contributed by atoms with van der Waals surface area (Å²) >= 11 is 0. The van der Waals surface area contributed by atoms with Gasteiger partial charge in [0.05, 0.1) is 11.1 Å². The second-order valence-corrected chi connectivity index (χ2v) is 8.32. The van der Waals surface area contributed by atoms with Gasteiger partial charge in [-0.05, 0) is 36.6 Å². The van der Waals surface area contributed by atoms with Crippen LogP contribution in [-0.2, 0) is 4.79 Å². The quantitative estimate of drug-likeness (QED) is 0.718. The van der Waals surface area contributed by atoms with Gasteiger partial charge in [0.1, 0.15) is 6.04 Å². The van der Waals surface area contributed by atoms with Crippen molar-refractivity contribution in [1.82, 2.24) is 9.80 Å². The lowest BCUT2D eigenvalue weighted by atomic mass is 10.0. The summed E-state index contributed by atoms with van der Waals surface area (Å²) in [6.45, 7) is 6.62. The number of hydrogen-bond donors (Lipinski definition) is 0. The van der Waals surface area contributed by atoms with Crippen LogP contribution in [0.4, 0.5) is 5.69 Å². The summed E-state index contributed by atoms with van der Waals surface area (Å²) in [4.78, 5) is 44.7. The van der Waals surface area contributed by atoms with Crippen molar-refractivity contribution in [2.24, 2.45) is 5.92 Å². The number of piperazine rings is 1. The van der Waals surface area contributed by atoms with Crippen molar-refractivity contribution in [1.29, 1.82) is 0 Å². The number of rotatable bonds is 5. The molecule has 156 valence electrons. The van der Waals surface area contributed by atoms with E-state index in [4.69, 9.17) is 0 Å². The minimum atomic E-state index is -0.763. The van der Waals surface area contributed by atoms with E-state index in [9.17, 15) is 14.4 Å². The van der Waals surface area contributed by atoms with Gasteiger partial charge in [0, 0.05) is 31.9 Å². The van der Waals surface area contributed by atoms with Crippen molar-refractivity contribution in [3.8, 4) is 0 Å². The number of imide groups is 1. The van der Waals surface area contributed by atoms with Crippen molar-refractivity contribution in [3.63, 3.8) is 0 Å². The Kier molecular flexibility index (Phi) is 5.57. The molecule has 1 atom stereocenters. The second kappa shape index (κ2) is 8.30. The first-order chi connectivity index (χ1) is 14.5. The van der Waals surface area contributed by atoms with Crippen LogP contribution in [0.15, 0.2) is 54.6 Å². The van der Waals surface area contributed by atoms with Crippen LogP contribution < -0.4 is 4.90 Å². The Bertz CT molecular complexity index is 914. The molecule has 30 heavy (non-hydrogen) atoms. The molecule has 3 amide bonds. The zero-order valence-corrected chi connectivity index (χ0v) is 17.5. The van der Waals surface area contributed by atoms with Gasteiger partial charge in [-0.15, -0.1) is 0 Å². The molecule has 1 saturated heterocycles. The van der Waals surface area contributed by atoms with Crippen LogP contribution >= 0.6 is 0 Å². The van der Waals surface area contributed by atoms with Gasteiger partial charge in [0.2, 0.25) is 5.91 Å². The summed E-state index contributed by atoms with van der Waals surface area (Å²) in [7, 11) is 0. The van der Waals surface area contributed by atoms with E-state index < -0.39 is 6.04 Å². The molecule has 0 N–H and O–H groups in total. The number of carbonyl (C=O) groups is 3. The van der Waals surface area contributed by atoms with E-state index in [1.54, 1.807) is 29.2 Å². The molecular formula is C24H27N3O3. The highest BCUT2D eigenvalue weighted by molar-refractivity contribution is 6.22. The zero-order valence-electron chi connectivity index (χ0n) is 17.5. The molecule has 0 spiro atoms. The molecule has 1 unspecified atom stereocenters. The number of carbonyl (C=O) groups excluding carboxylic acids is 3. The van der Waals surface area contributed by atoms with Crippen LogP contribution in [0.3, 0.4) is 0 Å². The minimum Gasteiger partial charge on any atom is -0.368 e. The standard InChI is InChI=1S/C24H27N3O3/c1-17(2)16-21(27-22(28)19-10-6-7-11-20(19)23(27)29)24(30)26-14-12-25(13-15-26)18-8-4-3-5-9-18/h3-11,17,21H,12-16H2,1-2H3. The molecule has 6 nitrogen and oxygen atoms in total. The monoisotopic (exact) mass is 405 g/mol. The summed E-state index contributed by atoms with van der Waals surface area (Å²) in [6.07, 6.45) is 0.462. The average molecular weight is 405 g/mol. The smallest absolute Gasteiger partial charge is 0.262 e. The highest BCUT2D eigenvalue weighted by Crippen LogP contribution is 2.28. The van der Waals surface area contributed by atoms with E-state index in [1.807, 2.05) is 32.0 Å². The van der Waals surface area contributed by atoms with Gasteiger partial charge in [0.25, 0.3) is 11.8 Å².